The maximum atomic E-state index is 11.2. The van der Waals surface area contributed by atoms with E-state index in [4.69, 9.17) is 5.84 Å². The van der Waals surface area contributed by atoms with Crippen molar-refractivity contribution in [3.63, 3.8) is 0 Å². The fraction of sp³-hybridized carbons (Fsp3) is 0.667. The molecule has 9 nitrogen and oxygen atoms in total. The van der Waals surface area contributed by atoms with E-state index in [0.717, 1.165) is 25.9 Å². The largest absolute Gasteiger partial charge is 0.354 e. The summed E-state index contributed by atoms with van der Waals surface area (Å²) in [5, 5.41) is 5.93. The minimum atomic E-state index is -0.000250. The molecule has 0 bridgehead atoms. The average Bonchev–Trinajstić information content (AvgIpc) is 2.93. The van der Waals surface area contributed by atoms with Crippen molar-refractivity contribution >= 4 is 23.8 Å². The van der Waals surface area contributed by atoms with Crippen LogP contribution in [-0.4, -0.2) is 46.5 Å². The van der Waals surface area contributed by atoms with E-state index in [1.165, 1.54) is 6.42 Å². The monoisotopic (exact) mass is 292 g/mol. The summed E-state index contributed by atoms with van der Waals surface area (Å²) in [6, 6.07) is -0.000250. The molecule has 1 atom stereocenters. The number of carbonyl (C=O) groups is 1. The highest BCUT2D eigenvalue weighted by atomic mass is 16.1. The van der Waals surface area contributed by atoms with E-state index < -0.39 is 0 Å². The Kier molecular flexibility index (Phi) is 4.00. The highest BCUT2D eigenvalue weighted by molar-refractivity contribution is 5.79. The summed E-state index contributed by atoms with van der Waals surface area (Å²) < 4.78 is 0. The second kappa shape index (κ2) is 6.08. The average molecular weight is 292 g/mol. The highest BCUT2D eigenvalue weighted by Crippen LogP contribution is 2.19. The molecule has 114 valence electrons. The molecule has 1 amide bonds. The van der Waals surface area contributed by atoms with E-state index in [0.29, 0.717) is 30.8 Å². The molecule has 5 N–H and O–H groups in total. The van der Waals surface area contributed by atoms with Crippen molar-refractivity contribution in [2.24, 2.45) is 5.84 Å². The van der Waals surface area contributed by atoms with Gasteiger partial charge in [0.05, 0.1) is 6.04 Å². The van der Waals surface area contributed by atoms with Crippen molar-refractivity contribution in [2.75, 3.05) is 35.3 Å². The fourth-order valence-electron chi connectivity index (χ4n) is 2.62. The van der Waals surface area contributed by atoms with Gasteiger partial charge < -0.3 is 15.5 Å². The Morgan fingerprint density at radius 2 is 1.90 bits per heavy atom. The summed E-state index contributed by atoms with van der Waals surface area (Å²) in [6.07, 6.45) is 3.95. The van der Waals surface area contributed by atoms with Crippen molar-refractivity contribution in [3.8, 4) is 0 Å². The molecule has 21 heavy (non-hydrogen) atoms. The number of hydrogen-bond donors (Lipinski definition) is 4. The molecule has 3 rings (SSSR count). The number of rotatable bonds is 4. The van der Waals surface area contributed by atoms with Gasteiger partial charge >= 0.3 is 0 Å². The third-order valence-electron chi connectivity index (χ3n) is 3.70. The van der Waals surface area contributed by atoms with Crippen molar-refractivity contribution in [1.29, 1.82) is 0 Å². The van der Waals surface area contributed by atoms with E-state index in [1.807, 2.05) is 0 Å². The third kappa shape index (κ3) is 3.30. The maximum absolute atomic E-state index is 11.2. The molecule has 0 aromatic carbocycles. The van der Waals surface area contributed by atoms with Crippen LogP contribution in [0.2, 0.25) is 0 Å². The summed E-state index contributed by atoms with van der Waals surface area (Å²) in [5.74, 6) is 6.86. The Morgan fingerprint density at radius 1 is 1.14 bits per heavy atom. The molecule has 9 heteroatoms. The molecule has 2 aliphatic rings. The number of amides is 1. The number of nitrogens with two attached hydrogens (primary N) is 1. The van der Waals surface area contributed by atoms with E-state index in [-0.39, 0.29) is 11.9 Å². The lowest BCUT2D eigenvalue weighted by molar-refractivity contribution is -0.119. The van der Waals surface area contributed by atoms with Gasteiger partial charge in [0.15, 0.2) is 0 Å². The first-order valence-corrected chi connectivity index (χ1v) is 7.25. The highest BCUT2D eigenvalue weighted by Gasteiger charge is 2.23. The first-order valence-electron chi connectivity index (χ1n) is 7.25. The Bertz CT molecular complexity index is 516. The lowest BCUT2D eigenvalue weighted by Gasteiger charge is -2.27. The van der Waals surface area contributed by atoms with Gasteiger partial charge in [0.1, 0.15) is 0 Å². The molecular weight excluding hydrogens is 272 g/mol. The Balaban J connectivity index is 1.77. The quantitative estimate of drug-likeness (QED) is 0.431. The molecule has 1 unspecified atom stereocenters. The fourth-order valence-corrected chi connectivity index (χ4v) is 2.62. The number of nitrogens with one attached hydrogen (secondary N) is 3. The van der Waals surface area contributed by atoms with Gasteiger partial charge in [-0.05, 0) is 19.3 Å². The van der Waals surface area contributed by atoms with E-state index in [2.05, 4.69) is 35.9 Å². The zero-order valence-corrected chi connectivity index (χ0v) is 11.8. The molecule has 2 fully saturated rings. The molecular formula is C12H20N8O. The topological polar surface area (TPSA) is 121 Å². The minimum Gasteiger partial charge on any atom is -0.354 e. The number of piperidine rings is 1. The molecule has 2 saturated heterocycles. The summed E-state index contributed by atoms with van der Waals surface area (Å²) in [4.78, 5) is 26.3. The lowest BCUT2D eigenvalue weighted by Crippen LogP contribution is -2.32. The number of anilines is 3. The van der Waals surface area contributed by atoms with Crippen molar-refractivity contribution in [3.05, 3.63) is 0 Å². The van der Waals surface area contributed by atoms with Gasteiger partial charge in [0.2, 0.25) is 23.8 Å². The smallest absolute Gasteiger partial charge is 0.243 e. The van der Waals surface area contributed by atoms with Gasteiger partial charge in [0, 0.05) is 26.1 Å². The molecule has 0 spiro atoms. The van der Waals surface area contributed by atoms with Gasteiger partial charge in [-0.3, -0.25) is 10.2 Å². The normalized spacial score (nSPS) is 22.0. The van der Waals surface area contributed by atoms with Crippen LogP contribution >= 0.6 is 0 Å². The second-order valence-corrected chi connectivity index (χ2v) is 5.32. The molecule has 0 aliphatic carbocycles. The maximum Gasteiger partial charge on any atom is 0.243 e. The first-order chi connectivity index (χ1) is 10.2. The van der Waals surface area contributed by atoms with Gasteiger partial charge in [-0.1, -0.05) is 0 Å². The molecule has 3 heterocycles. The van der Waals surface area contributed by atoms with Crippen molar-refractivity contribution in [2.45, 2.75) is 31.7 Å². The number of hydrogen-bond acceptors (Lipinski definition) is 8. The van der Waals surface area contributed by atoms with Gasteiger partial charge in [-0.25, -0.2) is 5.84 Å². The Labute approximate surface area is 122 Å². The van der Waals surface area contributed by atoms with Gasteiger partial charge in [-0.2, -0.15) is 15.0 Å². The van der Waals surface area contributed by atoms with Crippen LogP contribution in [0.3, 0.4) is 0 Å². The predicted octanol–water partition coefficient (Wildman–Crippen LogP) is -0.552. The Hall–Kier alpha value is -2.16. The van der Waals surface area contributed by atoms with Gasteiger partial charge in [0.25, 0.3) is 0 Å². The zero-order chi connectivity index (χ0) is 14.7. The van der Waals surface area contributed by atoms with Crippen LogP contribution in [0, 0.1) is 0 Å². The molecule has 0 saturated carbocycles. The SMILES string of the molecule is NNc1nc(NC2CNC(=O)C2)nc(N2CCCCC2)n1. The number of hydrazine groups is 1. The van der Waals surface area contributed by atoms with Crippen LogP contribution in [0.25, 0.3) is 0 Å². The summed E-state index contributed by atoms with van der Waals surface area (Å²) in [6.45, 7) is 2.46. The summed E-state index contributed by atoms with van der Waals surface area (Å²) in [5.41, 5.74) is 2.47. The second-order valence-electron chi connectivity index (χ2n) is 5.32. The number of nitrogens with zero attached hydrogens (tertiary/aromatic N) is 4. The zero-order valence-electron chi connectivity index (χ0n) is 11.8. The standard InChI is InChI=1S/C12H20N8O/c13-19-11-16-10(15-8-6-9(21)14-7-8)17-12(18-11)20-4-2-1-3-5-20/h8H,1-7,13H2,(H,14,21)(H2,15,16,17,18,19). The number of aromatic nitrogens is 3. The van der Waals surface area contributed by atoms with Crippen LogP contribution in [-0.2, 0) is 4.79 Å². The first kappa shape index (κ1) is 13.8. The molecule has 2 aliphatic heterocycles. The van der Waals surface area contributed by atoms with Gasteiger partial charge in [-0.15, -0.1) is 0 Å². The van der Waals surface area contributed by atoms with E-state index >= 15 is 0 Å². The number of carbonyl (C=O) groups excluding carboxylic acids is 1. The van der Waals surface area contributed by atoms with Crippen LogP contribution < -0.4 is 26.8 Å². The van der Waals surface area contributed by atoms with Crippen LogP contribution in [0.15, 0.2) is 0 Å². The summed E-state index contributed by atoms with van der Waals surface area (Å²) >= 11 is 0. The van der Waals surface area contributed by atoms with E-state index in [9.17, 15) is 4.79 Å². The van der Waals surface area contributed by atoms with Crippen molar-refractivity contribution in [1.82, 2.24) is 20.3 Å². The third-order valence-corrected chi connectivity index (χ3v) is 3.70. The predicted molar refractivity (Wildman–Crippen MR) is 78.7 cm³/mol. The van der Waals surface area contributed by atoms with E-state index in [1.54, 1.807) is 0 Å². The summed E-state index contributed by atoms with van der Waals surface area (Å²) in [7, 11) is 0. The minimum absolute atomic E-state index is 0.000250. The molecule has 1 aromatic heterocycles. The number of nitrogen functional groups attached to an aromatic ring is 1. The van der Waals surface area contributed by atoms with Crippen LogP contribution in [0.5, 0.6) is 0 Å². The van der Waals surface area contributed by atoms with Crippen molar-refractivity contribution < 1.29 is 4.79 Å². The molecule has 1 aromatic rings. The molecule has 0 radical (unpaired) electrons. The Morgan fingerprint density at radius 3 is 2.57 bits per heavy atom. The van der Waals surface area contributed by atoms with Crippen LogP contribution in [0.1, 0.15) is 25.7 Å². The lowest BCUT2D eigenvalue weighted by atomic mass is 10.1. The van der Waals surface area contributed by atoms with Crippen LogP contribution in [0.4, 0.5) is 17.8 Å².